The summed E-state index contributed by atoms with van der Waals surface area (Å²) in [5.74, 6) is 1.15. The zero-order valence-corrected chi connectivity index (χ0v) is 15.9. The summed E-state index contributed by atoms with van der Waals surface area (Å²) in [5.41, 5.74) is 1.63. The average Bonchev–Trinajstić information content (AvgIpc) is 3.08. The molecule has 7 heteroatoms. The van der Waals surface area contributed by atoms with Gasteiger partial charge in [-0.1, -0.05) is 35.5 Å². The van der Waals surface area contributed by atoms with Crippen LogP contribution in [0.5, 0.6) is 0 Å². The van der Waals surface area contributed by atoms with E-state index in [9.17, 15) is 4.79 Å². The van der Waals surface area contributed by atoms with Gasteiger partial charge in [-0.2, -0.15) is 0 Å². The number of carbonyl (C=O) groups is 1. The van der Waals surface area contributed by atoms with E-state index in [-0.39, 0.29) is 5.78 Å². The van der Waals surface area contributed by atoms with Crippen molar-refractivity contribution in [1.29, 1.82) is 0 Å². The highest BCUT2D eigenvalue weighted by atomic mass is 35.5. The molecule has 0 aliphatic carbocycles. The number of benzene rings is 1. The van der Waals surface area contributed by atoms with Gasteiger partial charge in [-0.25, -0.2) is 0 Å². The van der Waals surface area contributed by atoms with Crippen molar-refractivity contribution in [2.45, 2.75) is 19.0 Å². The highest BCUT2D eigenvalue weighted by Gasteiger charge is 2.17. The molecule has 2 aromatic heterocycles. The standard InChI is InChI=1S/C17H16ClN3OS2/c1-10-8-13(11(2)24-10)15(22)9-23-17-20-19-16(21(17)3)12-6-4-5-7-14(12)18/h4-8H,9H2,1-3H3. The van der Waals surface area contributed by atoms with Gasteiger partial charge in [0.15, 0.2) is 16.8 Å². The van der Waals surface area contributed by atoms with Gasteiger partial charge in [0.05, 0.1) is 10.8 Å². The molecular weight excluding hydrogens is 362 g/mol. The van der Waals surface area contributed by atoms with Gasteiger partial charge >= 0.3 is 0 Å². The Morgan fingerprint density at radius 3 is 2.71 bits per heavy atom. The number of hydrogen-bond acceptors (Lipinski definition) is 5. The summed E-state index contributed by atoms with van der Waals surface area (Å²) in [6.45, 7) is 3.99. The monoisotopic (exact) mass is 377 g/mol. The third kappa shape index (κ3) is 3.41. The SMILES string of the molecule is Cc1cc(C(=O)CSc2nnc(-c3ccccc3Cl)n2C)c(C)s1. The van der Waals surface area contributed by atoms with E-state index in [0.29, 0.717) is 21.8 Å². The quantitative estimate of drug-likeness (QED) is 0.473. The molecule has 0 N–H and O–H groups in total. The zero-order chi connectivity index (χ0) is 17.3. The Kier molecular flexibility index (Phi) is 5.08. The lowest BCUT2D eigenvalue weighted by atomic mass is 10.2. The Labute approximate surface area is 153 Å². The molecule has 0 aliphatic rings. The maximum absolute atomic E-state index is 12.4. The molecule has 2 heterocycles. The van der Waals surface area contributed by atoms with E-state index in [1.165, 1.54) is 11.8 Å². The van der Waals surface area contributed by atoms with Crippen molar-refractivity contribution < 1.29 is 4.79 Å². The van der Waals surface area contributed by atoms with E-state index in [4.69, 9.17) is 11.6 Å². The lowest BCUT2D eigenvalue weighted by Gasteiger charge is -2.05. The molecule has 0 spiro atoms. The first-order valence-electron chi connectivity index (χ1n) is 7.34. The molecule has 0 radical (unpaired) electrons. The third-order valence-electron chi connectivity index (χ3n) is 3.62. The molecule has 124 valence electrons. The molecule has 3 aromatic rings. The number of thioether (sulfide) groups is 1. The van der Waals surface area contributed by atoms with E-state index < -0.39 is 0 Å². The van der Waals surface area contributed by atoms with Crippen LogP contribution in [0.2, 0.25) is 5.02 Å². The van der Waals surface area contributed by atoms with Gasteiger partial charge in [0.25, 0.3) is 0 Å². The molecule has 0 aliphatic heterocycles. The second-order valence-electron chi connectivity index (χ2n) is 5.38. The maximum Gasteiger partial charge on any atom is 0.191 e. The zero-order valence-electron chi connectivity index (χ0n) is 13.5. The third-order valence-corrected chi connectivity index (χ3v) is 5.94. The molecule has 4 nitrogen and oxygen atoms in total. The fourth-order valence-electron chi connectivity index (χ4n) is 2.43. The molecule has 0 unspecified atom stereocenters. The first-order valence-corrected chi connectivity index (χ1v) is 9.52. The van der Waals surface area contributed by atoms with Crippen LogP contribution in [0.25, 0.3) is 11.4 Å². The second-order valence-corrected chi connectivity index (χ2v) is 8.19. The summed E-state index contributed by atoms with van der Waals surface area (Å²) in [6.07, 6.45) is 0. The van der Waals surface area contributed by atoms with Crippen LogP contribution in [-0.4, -0.2) is 26.3 Å². The summed E-state index contributed by atoms with van der Waals surface area (Å²) >= 11 is 9.26. The smallest absolute Gasteiger partial charge is 0.191 e. The van der Waals surface area contributed by atoms with Gasteiger partial charge in [0.2, 0.25) is 0 Å². The number of ketones is 1. The average molecular weight is 378 g/mol. The van der Waals surface area contributed by atoms with Crippen molar-refractivity contribution in [2.75, 3.05) is 5.75 Å². The van der Waals surface area contributed by atoms with Crippen molar-refractivity contribution in [1.82, 2.24) is 14.8 Å². The van der Waals surface area contributed by atoms with E-state index in [0.717, 1.165) is 20.9 Å². The van der Waals surface area contributed by atoms with Crippen molar-refractivity contribution >= 4 is 40.5 Å². The van der Waals surface area contributed by atoms with E-state index in [1.54, 1.807) is 11.3 Å². The molecule has 24 heavy (non-hydrogen) atoms. The van der Waals surface area contributed by atoms with Crippen molar-refractivity contribution in [3.05, 3.63) is 50.7 Å². The molecule has 0 fully saturated rings. The summed E-state index contributed by atoms with van der Waals surface area (Å²) in [4.78, 5) is 14.6. The number of hydrogen-bond donors (Lipinski definition) is 0. The minimum absolute atomic E-state index is 0.115. The van der Waals surface area contributed by atoms with Crippen LogP contribution in [0.15, 0.2) is 35.5 Å². The van der Waals surface area contributed by atoms with Crippen molar-refractivity contribution in [3.63, 3.8) is 0 Å². The van der Waals surface area contributed by atoms with Gasteiger partial charge in [0.1, 0.15) is 0 Å². The largest absolute Gasteiger partial charge is 0.305 e. The minimum Gasteiger partial charge on any atom is -0.305 e. The fraction of sp³-hybridized carbons (Fsp3) is 0.235. The molecule has 3 rings (SSSR count). The topological polar surface area (TPSA) is 47.8 Å². The highest BCUT2D eigenvalue weighted by molar-refractivity contribution is 7.99. The molecular formula is C17H16ClN3OS2. The van der Waals surface area contributed by atoms with Crippen LogP contribution in [0.4, 0.5) is 0 Å². The molecule has 0 atom stereocenters. The molecule has 0 saturated heterocycles. The van der Waals surface area contributed by atoms with E-state index >= 15 is 0 Å². The van der Waals surface area contributed by atoms with Crippen LogP contribution < -0.4 is 0 Å². The van der Waals surface area contributed by atoms with Gasteiger partial charge in [0, 0.05) is 27.9 Å². The molecule has 0 amide bonds. The molecule has 1 aromatic carbocycles. The van der Waals surface area contributed by atoms with Crippen LogP contribution in [0, 0.1) is 13.8 Å². The Balaban J connectivity index is 1.77. The second kappa shape index (κ2) is 7.09. The number of carbonyl (C=O) groups excluding carboxylic acids is 1. The lowest BCUT2D eigenvalue weighted by Crippen LogP contribution is -2.04. The van der Waals surface area contributed by atoms with Gasteiger partial charge in [-0.05, 0) is 32.0 Å². The van der Waals surface area contributed by atoms with E-state index in [1.807, 2.05) is 55.8 Å². The number of rotatable bonds is 5. The minimum atomic E-state index is 0.115. The summed E-state index contributed by atoms with van der Waals surface area (Å²) in [6, 6.07) is 9.47. The van der Waals surface area contributed by atoms with Gasteiger partial charge in [-0.15, -0.1) is 21.5 Å². The first-order chi connectivity index (χ1) is 11.5. The van der Waals surface area contributed by atoms with E-state index in [2.05, 4.69) is 10.2 Å². The van der Waals surface area contributed by atoms with Gasteiger partial charge in [-0.3, -0.25) is 4.79 Å². The first kappa shape index (κ1) is 17.2. The normalized spacial score (nSPS) is 11.0. The number of aromatic nitrogens is 3. The lowest BCUT2D eigenvalue weighted by molar-refractivity contribution is 0.102. The number of Topliss-reactive ketones (excluding diaryl/α,β-unsaturated/α-hetero) is 1. The fourth-order valence-corrected chi connectivity index (χ4v) is 4.39. The summed E-state index contributed by atoms with van der Waals surface area (Å²) in [7, 11) is 1.88. The van der Waals surface area contributed by atoms with Crippen LogP contribution >= 0.6 is 34.7 Å². The predicted octanol–water partition coefficient (Wildman–Crippen LogP) is 4.79. The Morgan fingerprint density at radius 1 is 1.29 bits per heavy atom. The Morgan fingerprint density at radius 2 is 2.04 bits per heavy atom. The number of aryl methyl sites for hydroxylation is 2. The van der Waals surface area contributed by atoms with Crippen molar-refractivity contribution in [2.24, 2.45) is 7.05 Å². The number of halogens is 1. The van der Waals surface area contributed by atoms with Gasteiger partial charge < -0.3 is 4.57 Å². The highest BCUT2D eigenvalue weighted by Crippen LogP contribution is 2.29. The Bertz CT molecular complexity index is 901. The van der Waals surface area contributed by atoms with Crippen LogP contribution in [0.1, 0.15) is 20.1 Å². The predicted molar refractivity (Wildman–Crippen MR) is 100 cm³/mol. The molecule has 0 bridgehead atoms. The number of thiophene rings is 1. The Hall–Kier alpha value is -1.63. The summed E-state index contributed by atoms with van der Waals surface area (Å²) < 4.78 is 1.87. The molecule has 0 saturated carbocycles. The number of nitrogens with zero attached hydrogens (tertiary/aromatic N) is 3. The van der Waals surface area contributed by atoms with Crippen molar-refractivity contribution in [3.8, 4) is 11.4 Å². The van der Waals surface area contributed by atoms with Crippen LogP contribution in [-0.2, 0) is 7.05 Å². The maximum atomic E-state index is 12.4. The summed E-state index contributed by atoms with van der Waals surface area (Å²) in [5, 5.41) is 9.74. The van der Waals surface area contributed by atoms with Crippen LogP contribution in [0.3, 0.4) is 0 Å².